The summed E-state index contributed by atoms with van der Waals surface area (Å²) in [7, 11) is 0. The van der Waals surface area contributed by atoms with Crippen LogP contribution in [0.3, 0.4) is 0 Å². The molecule has 0 spiro atoms. The van der Waals surface area contributed by atoms with Crippen LogP contribution in [0.4, 0.5) is 8.78 Å². The van der Waals surface area contributed by atoms with Crippen molar-refractivity contribution in [1.82, 2.24) is 0 Å². The molecule has 3 N–H and O–H groups in total. The molecular weight excluding hydrogens is 315 g/mol. The molecule has 0 saturated heterocycles. The predicted octanol–water partition coefficient (Wildman–Crippen LogP) is 3.65. The largest absolute Gasteiger partial charge is 0.505 e. The fourth-order valence-electron chi connectivity index (χ4n) is 1.73. The SMILES string of the molecule is Cl.N[C@H](CC1CC1)c1cc(Br)c(F)c(F)c1O. The molecule has 0 radical (unpaired) electrons. The van der Waals surface area contributed by atoms with Crippen molar-refractivity contribution in [2.45, 2.75) is 25.3 Å². The minimum absolute atomic E-state index is 0. The van der Waals surface area contributed by atoms with E-state index in [1.165, 1.54) is 6.07 Å². The molecule has 1 aliphatic carbocycles. The van der Waals surface area contributed by atoms with Gasteiger partial charge in [0.2, 0.25) is 5.82 Å². The van der Waals surface area contributed by atoms with Crippen molar-refractivity contribution in [2.75, 3.05) is 0 Å². The second kappa shape index (κ2) is 5.50. The molecule has 96 valence electrons. The van der Waals surface area contributed by atoms with E-state index in [4.69, 9.17) is 5.73 Å². The van der Waals surface area contributed by atoms with Crippen LogP contribution in [0, 0.1) is 17.6 Å². The first-order chi connectivity index (χ1) is 7.50. The number of benzene rings is 1. The Labute approximate surface area is 113 Å². The molecule has 1 aromatic carbocycles. The van der Waals surface area contributed by atoms with E-state index in [0.29, 0.717) is 12.3 Å². The number of rotatable bonds is 3. The predicted molar refractivity (Wildman–Crippen MR) is 67.2 cm³/mol. The van der Waals surface area contributed by atoms with Crippen LogP contribution in [-0.4, -0.2) is 5.11 Å². The lowest BCUT2D eigenvalue weighted by Crippen LogP contribution is -2.12. The van der Waals surface area contributed by atoms with E-state index in [9.17, 15) is 13.9 Å². The van der Waals surface area contributed by atoms with E-state index in [2.05, 4.69) is 15.9 Å². The van der Waals surface area contributed by atoms with E-state index in [0.717, 1.165) is 12.8 Å². The summed E-state index contributed by atoms with van der Waals surface area (Å²) in [6.07, 6.45) is 2.95. The van der Waals surface area contributed by atoms with E-state index in [1.807, 2.05) is 0 Å². The van der Waals surface area contributed by atoms with Crippen molar-refractivity contribution in [3.05, 3.63) is 27.7 Å². The lowest BCUT2D eigenvalue weighted by molar-refractivity contribution is 0.393. The van der Waals surface area contributed by atoms with Gasteiger partial charge < -0.3 is 10.8 Å². The molecule has 0 aliphatic heterocycles. The first kappa shape index (κ1) is 14.7. The molecule has 6 heteroatoms. The number of nitrogens with two attached hydrogens (primary N) is 1. The highest BCUT2D eigenvalue weighted by molar-refractivity contribution is 9.10. The summed E-state index contributed by atoms with van der Waals surface area (Å²) in [5.41, 5.74) is 6.12. The zero-order valence-corrected chi connectivity index (χ0v) is 11.3. The summed E-state index contributed by atoms with van der Waals surface area (Å²) in [6.45, 7) is 0. The minimum Gasteiger partial charge on any atom is -0.505 e. The topological polar surface area (TPSA) is 46.2 Å². The van der Waals surface area contributed by atoms with Gasteiger partial charge >= 0.3 is 0 Å². The van der Waals surface area contributed by atoms with Crippen molar-refractivity contribution in [3.63, 3.8) is 0 Å². The summed E-state index contributed by atoms with van der Waals surface area (Å²) in [4.78, 5) is 0. The normalized spacial score (nSPS) is 16.5. The lowest BCUT2D eigenvalue weighted by Gasteiger charge is -2.14. The molecule has 1 aliphatic rings. The van der Waals surface area contributed by atoms with Gasteiger partial charge in [-0.2, -0.15) is 4.39 Å². The molecule has 1 atom stereocenters. The maximum Gasteiger partial charge on any atom is 0.201 e. The fraction of sp³-hybridized carbons (Fsp3) is 0.455. The van der Waals surface area contributed by atoms with Gasteiger partial charge in [0.05, 0.1) is 4.47 Å². The first-order valence-corrected chi connectivity index (χ1v) is 5.92. The molecule has 0 aromatic heterocycles. The molecule has 0 amide bonds. The zero-order chi connectivity index (χ0) is 11.9. The Morgan fingerprint density at radius 1 is 1.41 bits per heavy atom. The van der Waals surface area contributed by atoms with Crippen LogP contribution in [0.25, 0.3) is 0 Å². The monoisotopic (exact) mass is 327 g/mol. The third-order valence-electron chi connectivity index (χ3n) is 2.85. The lowest BCUT2D eigenvalue weighted by atomic mass is 10.0. The van der Waals surface area contributed by atoms with Gasteiger partial charge in [0.1, 0.15) is 0 Å². The van der Waals surface area contributed by atoms with Crippen LogP contribution in [0.1, 0.15) is 30.9 Å². The van der Waals surface area contributed by atoms with Gasteiger partial charge in [-0.15, -0.1) is 12.4 Å². The zero-order valence-electron chi connectivity index (χ0n) is 8.92. The maximum atomic E-state index is 13.3. The van der Waals surface area contributed by atoms with Crippen molar-refractivity contribution in [2.24, 2.45) is 11.7 Å². The van der Waals surface area contributed by atoms with Crippen LogP contribution in [0.2, 0.25) is 0 Å². The van der Waals surface area contributed by atoms with Gasteiger partial charge in [0.25, 0.3) is 0 Å². The highest BCUT2D eigenvalue weighted by atomic mass is 79.9. The summed E-state index contributed by atoms with van der Waals surface area (Å²) in [6, 6.07) is 0.903. The summed E-state index contributed by atoms with van der Waals surface area (Å²) in [5.74, 6) is -2.44. The number of halogens is 4. The second-order valence-corrected chi connectivity index (χ2v) is 5.06. The van der Waals surface area contributed by atoms with Crippen LogP contribution in [0.5, 0.6) is 5.75 Å². The van der Waals surface area contributed by atoms with E-state index in [-0.39, 0.29) is 22.4 Å². The first-order valence-electron chi connectivity index (χ1n) is 5.12. The van der Waals surface area contributed by atoms with Crippen LogP contribution in [0.15, 0.2) is 10.5 Å². The van der Waals surface area contributed by atoms with Gasteiger partial charge in [-0.1, -0.05) is 12.8 Å². The van der Waals surface area contributed by atoms with Crippen LogP contribution >= 0.6 is 28.3 Å². The summed E-state index contributed by atoms with van der Waals surface area (Å²) in [5, 5.41) is 9.49. The Kier molecular flexibility index (Phi) is 4.75. The van der Waals surface area contributed by atoms with E-state index < -0.39 is 23.4 Å². The average molecular weight is 329 g/mol. The molecular formula is C11H13BrClF2NO. The van der Waals surface area contributed by atoms with Crippen LogP contribution < -0.4 is 5.73 Å². The number of aromatic hydroxyl groups is 1. The highest BCUT2D eigenvalue weighted by Crippen LogP contribution is 2.40. The van der Waals surface area contributed by atoms with Crippen molar-refractivity contribution < 1.29 is 13.9 Å². The number of hydrogen-bond donors (Lipinski definition) is 2. The smallest absolute Gasteiger partial charge is 0.201 e. The maximum absolute atomic E-state index is 13.3. The van der Waals surface area contributed by atoms with Gasteiger partial charge in [0.15, 0.2) is 11.6 Å². The number of phenols is 1. The molecule has 1 aromatic rings. The van der Waals surface area contributed by atoms with Gasteiger partial charge in [-0.25, -0.2) is 4.39 Å². The van der Waals surface area contributed by atoms with Crippen molar-refractivity contribution >= 4 is 28.3 Å². The summed E-state index contributed by atoms with van der Waals surface area (Å²) < 4.78 is 26.3. The van der Waals surface area contributed by atoms with Gasteiger partial charge in [-0.05, 0) is 34.3 Å². The molecule has 2 nitrogen and oxygen atoms in total. The van der Waals surface area contributed by atoms with E-state index >= 15 is 0 Å². The Morgan fingerprint density at radius 3 is 2.53 bits per heavy atom. The number of phenolic OH excluding ortho intramolecular Hbond substituents is 1. The molecule has 17 heavy (non-hydrogen) atoms. The average Bonchev–Trinajstić information content (AvgIpc) is 3.04. The standard InChI is InChI=1S/C11H12BrF2NO.ClH/c12-7-4-6(8(15)3-5-1-2-5)11(16)10(14)9(7)13;/h4-5,8,16H,1-3,15H2;1H/t8-;/m1./s1. The van der Waals surface area contributed by atoms with Gasteiger partial charge in [-0.3, -0.25) is 0 Å². The molecule has 2 rings (SSSR count). The Bertz CT molecular complexity index is 426. The molecule has 1 fully saturated rings. The molecule has 1 saturated carbocycles. The van der Waals surface area contributed by atoms with E-state index in [1.54, 1.807) is 0 Å². The van der Waals surface area contributed by atoms with Crippen molar-refractivity contribution in [1.29, 1.82) is 0 Å². The number of hydrogen-bond acceptors (Lipinski definition) is 2. The summed E-state index contributed by atoms with van der Waals surface area (Å²) >= 11 is 2.90. The highest BCUT2D eigenvalue weighted by Gasteiger charge is 2.27. The molecule has 0 bridgehead atoms. The third-order valence-corrected chi connectivity index (χ3v) is 3.43. The Balaban J connectivity index is 0.00000144. The minimum atomic E-state index is -1.24. The second-order valence-electron chi connectivity index (χ2n) is 4.21. The Hall–Kier alpha value is -0.390. The van der Waals surface area contributed by atoms with Crippen molar-refractivity contribution in [3.8, 4) is 5.75 Å². The molecule has 0 unspecified atom stereocenters. The Morgan fingerprint density at radius 2 is 2.00 bits per heavy atom. The fourth-order valence-corrected chi connectivity index (χ4v) is 2.15. The van der Waals surface area contributed by atoms with Crippen LogP contribution in [-0.2, 0) is 0 Å². The third kappa shape index (κ3) is 3.09. The quantitative estimate of drug-likeness (QED) is 0.832. The molecule has 0 heterocycles. The van der Waals surface area contributed by atoms with Gasteiger partial charge in [0, 0.05) is 11.6 Å².